The van der Waals surface area contributed by atoms with Crippen LogP contribution < -0.4 is 11.5 Å². The van der Waals surface area contributed by atoms with Crippen molar-refractivity contribution in [1.82, 2.24) is 14.9 Å². The maximum Gasteiger partial charge on any atom is 0.165 e. The molecule has 7 heteroatoms. The van der Waals surface area contributed by atoms with E-state index in [0.29, 0.717) is 22.2 Å². The number of hydrogen-bond acceptors (Lipinski definition) is 5. The predicted molar refractivity (Wildman–Crippen MR) is 116 cm³/mol. The summed E-state index contributed by atoms with van der Waals surface area (Å²) in [7, 11) is 2.09. The Balaban J connectivity index is 1.81. The molecule has 4 N–H and O–H groups in total. The number of hydrogen-bond donors (Lipinski definition) is 2. The Kier molecular flexibility index (Phi) is 4.81. The fraction of sp³-hybridized carbons (Fsp3) is 0.273. The maximum atomic E-state index is 14.4. The van der Waals surface area contributed by atoms with Gasteiger partial charge in [-0.3, -0.25) is 0 Å². The molecule has 0 saturated carbocycles. The number of nitrogens with two attached hydrogens (primary N) is 2. The molecule has 0 spiro atoms. The zero-order valence-corrected chi connectivity index (χ0v) is 17.0. The summed E-state index contributed by atoms with van der Waals surface area (Å²) in [5.41, 5.74) is 14.2. The molecule has 1 fully saturated rings. The Hall–Kier alpha value is -2.88. The van der Waals surface area contributed by atoms with Gasteiger partial charge in [0.25, 0.3) is 0 Å². The highest BCUT2D eigenvalue weighted by molar-refractivity contribution is 6.31. The van der Waals surface area contributed by atoms with Gasteiger partial charge in [0, 0.05) is 28.6 Å². The molecule has 0 aliphatic carbocycles. The average Bonchev–Trinajstić information content (AvgIpc) is 3.02. The van der Waals surface area contributed by atoms with Gasteiger partial charge in [-0.1, -0.05) is 29.5 Å². The van der Waals surface area contributed by atoms with Crippen LogP contribution in [0.3, 0.4) is 0 Å². The molecule has 1 atom stereocenters. The second kappa shape index (κ2) is 7.18. The Morgan fingerprint density at radius 1 is 1.24 bits per heavy atom. The number of rotatable bonds is 1. The van der Waals surface area contributed by atoms with Crippen LogP contribution in [0.1, 0.15) is 18.9 Å². The molecule has 1 aliphatic heterocycles. The third kappa shape index (κ3) is 3.71. The topological polar surface area (TPSA) is 81.1 Å². The van der Waals surface area contributed by atoms with E-state index in [4.69, 9.17) is 23.1 Å². The number of fused-ring (bicyclic) bond motifs is 1. The van der Waals surface area contributed by atoms with Gasteiger partial charge in [0.05, 0.1) is 16.1 Å². The molecule has 0 radical (unpaired) electrons. The third-order valence-electron chi connectivity index (χ3n) is 5.25. The van der Waals surface area contributed by atoms with Crippen molar-refractivity contribution in [1.29, 1.82) is 0 Å². The van der Waals surface area contributed by atoms with Crippen LogP contribution in [0.4, 0.5) is 15.9 Å². The highest BCUT2D eigenvalue weighted by Crippen LogP contribution is 2.31. The van der Waals surface area contributed by atoms with E-state index in [1.54, 1.807) is 24.3 Å². The molecule has 1 unspecified atom stereocenters. The largest absolute Gasteiger partial charge is 0.398 e. The van der Waals surface area contributed by atoms with E-state index in [1.165, 1.54) is 6.07 Å². The standard InChI is InChI=1S/C22H21ClFN5/c1-22(8-9-29(2)12-22)7-6-13-10-18-15(11-17(13)25)20(26)28-21(27-18)14-4-3-5-16(23)19(14)24/h3-5,10-11H,8-9,12,25H2,1-2H3,(H2,26,27,28). The van der Waals surface area contributed by atoms with Crippen LogP contribution in [0.5, 0.6) is 0 Å². The van der Waals surface area contributed by atoms with E-state index in [2.05, 4.69) is 40.7 Å². The van der Waals surface area contributed by atoms with Crippen LogP contribution in [0.2, 0.25) is 5.02 Å². The van der Waals surface area contributed by atoms with Crippen LogP contribution in [-0.4, -0.2) is 35.0 Å². The molecule has 148 valence electrons. The summed E-state index contributed by atoms with van der Waals surface area (Å²) >= 11 is 5.89. The molecule has 0 bridgehead atoms. The molecule has 29 heavy (non-hydrogen) atoms. The number of likely N-dealkylation sites (tertiary alicyclic amines) is 1. The minimum absolute atomic E-state index is 0.00315. The van der Waals surface area contributed by atoms with E-state index in [9.17, 15) is 4.39 Å². The molecular weight excluding hydrogens is 389 g/mol. The number of benzene rings is 2. The number of nitrogens with zero attached hydrogens (tertiary/aromatic N) is 3. The summed E-state index contributed by atoms with van der Waals surface area (Å²) in [5, 5.41) is 0.606. The molecule has 1 aliphatic rings. The molecule has 5 nitrogen and oxygen atoms in total. The number of anilines is 2. The monoisotopic (exact) mass is 409 g/mol. The molecule has 2 heterocycles. The third-order valence-corrected chi connectivity index (χ3v) is 5.54. The van der Waals surface area contributed by atoms with Crippen molar-refractivity contribution < 1.29 is 4.39 Å². The lowest BCUT2D eigenvalue weighted by Gasteiger charge is -2.15. The van der Waals surface area contributed by atoms with Gasteiger partial charge in [-0.05, 0) is 51.2 Å². The zero-order chi connectivity index (χ0) is 20.8. The summed E-state index contributed by atoms with van der Waals surface area (Å²) in [6, 6.07) is 8.18. The SMILES string of the molecule is CN1CCC(C)(C#Cc2cc3nc(-c4cccc(Cl)c4F)nc(N)c3cc2N)C1. The lowest BCUT2D eigenvalue weighted by Crippen LogP contribution is -2.20. The van der Waals surface area contributed by atoms with E-state index in [-0.39, 0.29) is 27.6 Å². The summed E-state index contributed by atoms with van der Waals surface area (Å²) < 4.78 is 14.4. The van der Waals surface area contributed by atoms with Crippen LogP contribution in [0, 0.1) is 23.1 Å². The van der Waals surface area contributed by atoms with Gasteiger partial charge < -0.3 is 16.4 Å². The highest BCUT2D eigenvalue weighted by Gasteiger charge is 2.30. The Bertz CT molecular complexity index is 1180. The molecule has 0 amide bonds. The number of aromatic nitrogens is 2. The van der Waals surface area contributed by atoms with Crippen LogP contribution in [-0.2, 0) is 0 Å². The van der Waals surface area contributed by atoms with Crippen LogP contribution in [0.25, 0.3) is 22.3 Å². The summed E-state index contributed by atoms with van der Waals surface area (Å²) in [6.45, 7) is 4.10. The van der Waals surface area contributed by atoms with Crippen LogP contribution in [0.15, 0.2) is 30.3 Å². The molecular formula is C22H21ClFN5. The first kappa shape index (κ1) is 19.4. The van der Waals surface area contributed by atoms with E-state index >= 15 is 0 Å². The normalized spacial score (nSPS) is 19.3. The Morgan fingerprint density at radius 3 is 2.76 bits per heavy atom. The lowest BCUT2D eigenvalue weighted by molar-refractivity contribution is 0.373. The maximum absolute atomic E-state index is 14.4. The summed E-state index contributed by atoms with van der Waals surface area (Å²) in [4.78, 5) is 11.0. The fourth-order valence-electron chi connectivity index (χ4n) is 3.63. The Labute approximate surface area is 173 Å². The van der Waals surface area contributed by atoms with E-state index < -0.39 is 5.82 Å². The van der Waals surface area contributed by atoms with Gasteiger partial charge in [0.1, 0.15) is 5.82 Å². The summed E-state index contributed by atoms with van der Waals surface area (Å²) in [6.07, 6.45) is 1.01. The van der Waals surface area contributed by atoms with Gasteiger partial charge in [-0.2, -0.15) is 0 Å². The van der Waals surface area contributed by atoms with Crippen molar-refractivity contribution in [2.75, 3.05) is 31.6 Å². The van der Waals surface area contributed by atoms with E-state index in [1.807, 2.05) is 0 Å². The fourth-order valence-corrected chi connectivity index (χ4v) is 3.81. The van der Waals surface area contributed by atoms with Gasteiger partial charge in [0.2, 0.25) is 0 Å². The minimum Gasteiger partial charge on any atom is -0.398 e. The second-order valence-corrected chi connectivity index (χ2v) is 8.20. The van der Waals surface area contributed by atoms with Crippen molar-refractivity contribution in [2.45, 2.75) is 13.3 Å². The molecule has 4 rings (SSSR count). The van der Waals surface area contributed by atoms with Crippen LogP contribution >= 0.6 is 11.6 Å². The predicted octanol–water partition coefficient (Wildman–Crippen LogP) is 3.95. The average molecular weight is 410 g/mol. The molecule has 2 aromatic carbocycles. The van der Waals surface area contributed by atoms with Crippen molar-refractivity contribution in [3.05, 3.63) is 46.7 Å². The molecule has 3 aromatic rings. The van der Waals surface area contributed by atoms with Gasteiger partial charge in [0.15, 0.2) is 11.6 Å². The van der Waals surface area contributed by atoms with Gasteiger partial charge >= 0.3 is 0 Å². The van der Waals surface area contributed by atoms with Crippen molar-refractivity contribution in [2.24, 2.45) is 5.41 Å². The quantitative estimate of drug-likeness (QED) is 0.470. The second-order valence-electron chi connectivity index (χ2n) is 7.79. The van der Waals surface area contributed by atoms with Gasteiger partial charge in [-0.25, -0.2) is 14.4 Å². The smallest absolute Gasteiger partial charge is 0.165 e. The first-order chi connectivity index (χ1) is 13.8. The van der Waals surface area contributed by atoms with Crippen molar-refractivity contribution in [3.63, 3.8) is 0 Å². The minimum atomic E-state index is -0.582. The van der Waals surface area contributed by atoms with Gasteiger partial charge in [-0.15, -0.1) is 0 Å². The van der Waals surface area contributed by atoms with Crippen molar-refractivity contribution in [3.8, 4) is 23.2 Å². The highest BCUT2D eigenvalue weighted by atomic mass is 35.5. The number of halogens is 2. The molecule has 1 aromatic heterocycles. The summed E-state index contributed by atoms with van der Waals surface area (Å²) in [5.74, 6) is 6.38. The number of nitrogen functional groups attached to an aromatic ring is 2. The van der Waals surface area contributed by atoms with Crippen molar-refractivity contribution >= 4 is 34.0 Å². The molecule has 1 saturated heterocycles. The lowest BCUT2D eigenvalue weighted by atomic mass is 9.90. The van der Waals surface area contributed by atoms with E-state index in [0.717, 1.165) is 19.5 Å². The zero-order valence-electron chi connectivity index (χ0n) is 16.3. The first-order valence-electron chi connectivity index (χ1n) is 9.29. The Morgan fingerprint density at radius 2 is 2.03 bits per heavy atom. The first-order valence-corrected chi connectivity index (χ1v) is 9.66.